The molecule has 1 radical (unpaired) electrons. The van der Waals surface area contributed by atoms with Crippen LogP contribution in [0, 0.1) is 6.92 Å². The Morgan fingerprint density at radius 2 is 1.58 bits per heavy atom. The summed E-state index contributed by atoms with van der Waals surface area (Å²) in [6, 6.07) is 13.6. The molecule has 5 heteroatoms. The van der Waals surface area contributed by atoms with Crippen molar-refractivity contribution in [2.45, 2.75) is 12.7 Å². The molecule has 2 aromatic carbocycles. The average molecular weight is 333 g/mol. The van der Waals surface area contributed by atoms with Crippen molar-refractivity contribution in [3.05, 3.63) is 72.1 Å². The maximum Gasteiger partial charge on any atom is 0.416 e. The second-order valence-corrected chi connectivity index (χ2v) is 6.13. The summed E-state index contributed by atoms with van der Waals surface area (Å²) in [7, 11) is 0. The third kappa shape index (κ3) is 4.09. The standard InChI is InChI=1S/C19H20F3N2/c1-15-3-2-4-18(13-15)24-11-9-23(10-12-24)14-16-5-7-17(8-6-16)19(20,21)22/h2-8,13H,1,9-12,14H2. The number of rotatable bonds is 3. The number of nitrogens with zero attached hydrogens (tertiary/aromatic N) is 2. The van der Waals surface area contributed by atoms with Gasteiger partial charge in [0.1, 0.15) is 0 Å². The quantitative estimate of drug-likeness (QED) is 0.830. The van der Waals surface area contributed by atoms with Crippen LogP contribution in [0.5, 0.6) is 0 Å². The van der Waals surface area contributed by atoms with Gasteiger partial charge in [-0.25, -0.2) is 0 Å². The molecule has 1 saturated heterocycles. The lowest BCUT2D eigenvalue weighted by Crippen LogP contribution is -2.45. The number of halogens is 3. The third-order valence-electron chi connectivity index (χ3n) is 4.34. The summed E-state index contributed by atoms with van der Waals surface area (Å²) in [5.74, 6) is 0. The Morgan fingerprint density at radius 1 is 0.917 bits per heavy atom. The molecule has 0 atom stereocenters. The van der Waals surface area contributed by atoms with Gasteiger partial charge in [-0.05, 0) is 42.3 Å². The molecule has 0 amide bonds. The largest absolute Gasteiger partial charge is 0.416 e. The Morgan fingerprint density at radius 3 is 2.17 bits per heavy atom. The summed E-state index contributed by atoms with van der Waals surface area (Å²) in [5.41, 5.74) is 2.50. The monoisotopic (exact) mass is 333 g/mol. The van der Waals surface area contributed by atoms with Gasteiger partial charge in [-0.3, -0.25) is 4.90 Å². The lowest BCUT2D eigenvalue weighted by Gasteiger charge is -2.36. The molecule has 0 aliphatic carbocycles. The fraction of sp³-hybridized carbons (Fsp3) is 0.316. The molecule has 1 aliphatic heterocycles. The summed E-state index contributed by atoms with van der Waals surface area (Å²) in [5, 5.41) is 0. The number of benzene rings is 2. The minimum atomic E-state index is -4.27. The highest BCUT2D eigenvalue weighted by Crippen LogP contribution is 2.29. The van der Waals surface area contributed by atoms with Gasteiger partial charge in [0.15, 0.2) is 0 Å². The van der Waals surface area contributed by atoms with Crippen LogP contribution >= 0.6 is 0 Å². The molecule has 3 rings (SSSR count). The topological polar surface area (TPSA) is 6.48 Å². The lowest BCUT2D eigenvalue weighted by molar-refractivity contribution is -0.137. The molecule has 0 spiro atoms. The fourth-order valence-corrected chi connectivity index (χ4v) is 2.97. The van der Waals surface area contributed by atoms with E-state index in [0.29, 0.717) is 6.54 Å². The Balaban J connectivity index is 1.55. The van der Waals surface area contributed by atoms with E-state index in [1.807, 2.05) is 12.1 Å². The van der Waals surface area contributed by atoms with Crippen LogP contribution in [-0.4, -0.2) is 31.1 Å². The van der Waals surface area contributed by atoms with Crippen LogP contribution in [0.4, 0.5) is 18.9 Å². The number of anilines is 1. The molecule has 1 heterocycles. The summed E-state index contributed by atoms with van der Waals surface area (Å²) >= 11 is 0. The van der Waals surface area contributed by atoms with Crippen LogP contribution < -0.4 is 4.90 Å². The molecule has 1 fully saturated rings. The smallest absolute Gasteiger partial charge is 0.369 e. The number of hydrogen-bond acceptors (Lipinski definition) is 2. The van der Waals surface area contributed by atoms with Gasteiger partial charge in [0, 0.05) is 38.4 Å². The first kappa shape index (κ1) is 16.8. The van der Waals surface area contributed by atoms with E-state index in [4.69, 9.17) is 0 Å². The molecule has 0 unspecified atom stereocenters. The Bertz CT molecular complexity index is 672. The van der Waals surface area contributed by atoms with Gasteiger partial charge < -0.3 is 4.90 Å². The highest BCUT2D eigenvalue weighted by Gasteiger charge is 2.30. The van der Waals surface area contributed by atoms with Crippen molar-refractivity contribution in [2.75, 3.05) is 31.1 Å². The fourth-order valence-electron chi connectivity index (χ4n) is 2.97. The van der Waals surface area contributed by atoms with E-state index in [1.165, 1.54) is 5.69 Å². The van der Waals surface area contributed by atoms with E-state index >= 15 is 0 Å². The van der Waals surface area contributed by atoms with E-state index in [1.54, 1.807) is 12.1 Å². The predicted molar refractivity (Wildman–Crippen MR) is 89.8 cm³/mol. The van der Waals surface area contributed by atoms with Crippen LogP contribution in [0.2, 0.25) is 0 Å². The van der Waals surface area contributed by atoms with Gasteiger partial charge in [-0.15, -0.1) is 0 Å². The zero-order chi connectivity index (χ0) is 17.2. The number of piperazine rings is 1. The van der Waals surface area contributed by atoms with Gasteiger partial charge in [0.05, 0.1) is 5.56 Å². The Kier molecular flexibility index (Phi) is 4.81. The van der Waals surface area contributed by atoms with E-state index in [9.17, 15) is 13.2 Å². The van der Waals surface area contributed by atoms with Crippen LogP contribution in [0.1, 0.15) is 16.7 Å². The first-order valence-electron chi connectivity index (χ1n) is 7.97. The maximum atomic E-state index is 12.6. The Labute approximate surface area is 140 Å². The average Bonchev–Trinajstić information content (AvgIpc) is 2.55. The number of hydrogen-bond donors (Lipinski definition) is 0. The Hall–Kier alpha value is -2.01. The van der Waals surface area contributed by atoms with Crippen molar-refractivity contribution in [2.24, 2.45) is 0 Å². The zero-order valence-electron chi connectivity index (χ0n) is 13.4. The number of alkyl halides is 3. The molecule has 0 bridgehead atoms. The molecule has 2 aromatic rings. The second-order valence-electron chi connectivity index (χ2n) is 6.13. The van der Waals surface area contributed by atoms with Crippen molar-refractivity contribution < 1.29 is 13.2 Å². The molecule has 2 nitrogen and oxygen atoms in total. The minimum Gasteiger partial charge on any atom is -0.369 e. The first-order valence-corrected chi connectivity index (χ1v) is 7.97. The summed E-state index contributed by atoms with van der Waals surface area (Å²) < 4.78 is 37.8. The van der Waals surface area contributed by atoms with Gasteiger partial charge in [0.2, 0.25) is 0 Å². The lowest BCUT2D eigenvalue weighted by atomic mass is 10.1. The SMILES string of the molecule is [CH2]c1cccc(N2CCN(Cc3ccc(C(F)(F)F)cc3)CC2)c1. The van der Waals surface area contributed by atoms with E-state index < -0.39 is 11.7 Å². The molecule has 127 valence electrons. The van der Waals surface area contributed by atoms with Gasteiger partial charge in [0.25, 0.3) is 0 Å². The second kappa shape index (κ2) is 6.85. The van der Waals surface area contributed by atoms with Crippen LogP contribution in [0.15, 0.2) is 48.5 Å². The zero-order valence-corrected chi connectivity index (χ0v) is 13.4. The molecular weight excluding hydrogens is 313 g/mol. The highest BCUT2D eigenvalue weighted by atomic mass is 19.4. The molecule has 1 aliphatic rings. The predicted octanol–water partition coefficient (Wildman–Crippen LogP) is 4.21. The van der Waals surface area contributed by atoms with Crippen molar-refractivity contribution in [1.29, 1.82) is 0 Å². The van der Waals surface area contributed by atoms with Crippen molar-refractivity contribution in [3.63, 3.8) is 0 Å². The van der Waals surface area contributed by atoms with Crippen LogP contribution in [0.25, 0.3) is 0 Å². The van der Waals surface area contributed by atoms with Crippen LogP contribution in [0.3, 0.4) is 0 Å². The van der Waals surface area contributed by atoms with E-state index in [2.05, 4.69) is 28.9 Å². The molecule has 0 saturated carbocycles. The van der Waals surface area contributed by atoms with Crippen molar-refractivity contribution in [3.8, 4) is 0 Å². The highest BCUT2D eigenvalue weighted by molar-refractivity contribution is 5.49. The first-order chi connectivity index (χ1) is 11.4. The van der Waals surface area contributed by atoms with Gasteiger partial charge in [-0.2, -0.15) is 13.2 Å². The summed E-state index contributed by atoms with van der Waals surface area (Å²) in [4.78, 5) is 4.59. The van der Waals surface area contributed by atoms with E-state index in [0.717, 1.165) is 49.4 Å². The van der Waals surface area contributed by atoms with Crippen molar-refractivity contribution >= 4 is 5.69 Å². The molecular formula is C19H20F3N2. The summed E-state index contributed by atoms with van der Waals surface area (Å²) in [6.45, 7) is 8.23. The van der Waals surface area contributed by atoms with Crippen LogP contribution in [-0.2, 0) is 12.7 Å². The molecule has 0 aromatic heterocycles. The van der Waals surface area contributed by atoms with Gasteiger partial charge in [-0.1, -0.05) is 24.3 Å². The van der Waals surface area contributed by atoms with Crippen molar-refractivity contribution in [1.82, 2.24) is 4.90 Å². The molecule has 24 heavy (non-hydrogen) atoms. The normalized spacial score (nSPS) is 16.4. The third-order valence-corrected chi connectivity index (χ3v) is 4.34. The maximum absolute atomic E-state index is 12.6. The van der Waals surface area contributed by atoms with E-state index in [-0.39, 0.29) is 0 Å². The minimum absolute atomic E-state index is 0.593. The summed E-state index contributed by atoms with van der Waals surface area (Å²) in [6.07, 6.45) is -4.27. The van der Waals surface area contributed by atoms with Gasteiger partial charge >= 0.3 is 6.18 Å². The molecule has 0 N–H and O–H groups in total.